The van der Waals surface area contributed by atoms with Crippen LogP contribution in [0.3, 0.4) is 0 Å². The lowest BCUT2D eigenvalue weighted by Gasteiger charge is -2.44. The zero-order valence-electron chi connectivity index (χ0n) is 18.7. The maximum Gasteiger partial charge on any atom is 0.162 e. The van der Waals surface area contributed by atoms with Crippen molar-refractivity contribution in [2.75, 3.05) is 4.90 Å². The molecule has 7 heteroatoms. The number of carbonyl (C=O) groups is 1. The summed E-state index contributed by atoms with van der Waals surface area (Å²) in [4.78, 5) is 21.5. The maximum atomic E-state index is 13.7. The number of Topliss-reactive ketones (excluding diaryl/α,β-unsaturated/α-hetero) is 1. The lowest BCUT2D eigenvalue weighted by atomic mass is 9.69. The van der Waals surface area contributed by atoms with E-state index in [-0.39, 0.29) is 17.1 Å². The molecular weight excluding hydrogens is 496 g/mol. The van der Waals surface area contributed by atoms with Crippen LogP contribution in [0, 0.1) is 23.7 Å². The number of halogens is 1. The molecule has 3 aromatic heterocycles. The van der Waals surface area contributed by atoms with Gasteiger partial charge in [-0.3, -0.25) is 9.69 Å². The molecule has 33 heavy (non-hydrogen) atoms. The summed E-state index contributed by atoms with van der Waals surface area (Å²) in [7, 11) is 0. The number of thiophene rings is 1. The molecule has 2 aliphatic rings. The Labute approximate surface area is 205 Å². The molecule has 0 fully saturated rings. The van der Waals surface area contributed by atoms with E-state index in [0.29, 0.717) is 17.8 Å². The highest BCUT2D eigenvalue weighted by atomic mass is 79.9. The van der Waals surface area contributed by atoms with Gasteiger partial charge in [-0.15, -0.1) is 11.3 Å². The Bertz CT molecular complexity index is 1340. The highest BCUT2D eigenvalue weighted by molar-refractivity contribution is 9.10. The molecule has 1 aliphatic heterocycles. The minimum absolute atomic E-state index is 0.112. The van der Waals surface area contributed by atoms with Crippen molar-refractivity contribution in [3.05, 3.63) is 86.1 Å². The molecular formula is C26H23BrN4OS. The molecule has 0 N–H and O–H groups in total. The summed E-state index contributed by atoms with van der Waals surface area (Å²) < 4.78 is 2.84. The predicted octanol–water partition coefficient (Wildman–Crippen LogP) is 6.65. The van der Waals surface area contributed by atoms with E-state index in [9.17, 15) is 10.1 Å². The largest absolute Gasteiger partial charge is 0.309 e. The van der Waals surface area contributed by atoms with Crippen LogP contribution in [-0.2, 0) is 4.79 Å². The van der Waals surface area contributed by atoms with Crippen molar-refractivity contribution in [3.63, 3.8) is 0 Å². The van der Waals surface area contributed by atoms with Gasteiger partial charge in [-0.05, 0) is 76.0 Å². The minimum atomic E-state index is -0.377. The van der Waals surface area contributed by atoms with Gasteiger partial charge in [0.15, 0.2) is 5.78 Å². The van der Waals surface area contributed by atoms with Crippen LogP contribution in [-0.4, -0.2) is 15.3 Å². The number of nitriles is 1. The van der Waals surface area contributed by atoms with E-state index < -0.39 is 0 Å². The average Bonchev–Trinajstić information content (AvgIpc) is 3.44. The molecule has 0 radical (unpaired) electrons. The quantitative estimate of drug-likeness (QED) is 0.389. The number of ketones is 1. The van der Waals surface area contributed by atoms with Gasteiger partial charge >= 0.3 is 0 Å². The number of carbonyl (C=O) groups excluding carboxylic acids is 1. The summed E-state index contributed by atoms with van der Waals surface area (Å²) in [5.74, 6) is 1.16. The molecule has 0 saturated carbocycles. The van der Waals surface area contributed by atoms with E-state index in [0.717, 1.165) is 38.4 Å². The Balaban J connectivity index is 1.87. The summed E-state index contributed by atoms with van der Waals surface area (Å²) in [6.07, 6.45) is 6.82. The summed E-state index contributed by atoms with van der Waals surface area (Å²) in [5, 5.41) is 12.5. The first kappa shape index (κ1) is 21.9. The molecule has 5 rings (SSSR count). The first-order valence-electron chi connectivity index (χ1n) is 10.8. The van der Waals surface area contributed by atoms with Crippen molar-refractivity contribution in [1.82, 2.24) is 9.55 Å². The SMILES string of the molecule is Cc1ccsc1[C@H]1C(C#N)=C(n2cccc2)N(c2ccc(Br)cn2)C2=C1C(=O)CC(C)(C)C2. The van der Waals surface area contributed by atoms with E-state index in [1.807, 2.05) is 51.5 Å². The number of hydrogen-bond donors (Lipinski definition) is 0. The molecule has 1 atom stereocenters. The lowest BCUT2D eigenvalue weighted by Crippen LogP contribution is -2.40. The molecule has 0 bridgehead atoms. The fourth-order valence-electron chi connectivity index (χ4n) is 4.88. The van der Waals surface area contributed by atoms with Gasteiger partial charge in [-0.25, -0.2) is 4.98 Å². The van der Waals surface area contributed by atoms with Crippen LogP contribution in [0.2, 0.25) is 0 Å². The van der Waals surface area contributed by atoms with Crippen LogP contribution in [0.4, 0.5) is 5.82 Å². The third-order valence-corrected chi connectivity index (χ3v) is 7.82. The van der Waals surface area contributed by atoms with Crippen LogP contribution in [0.1, 0.15) is 43.0 Å². The first-order chi connectivity index (χ1) is 15.8. The van der Waals surface area contributed by atoms with Crippen molar-refractivity contribution in [2.24, 2.45) is 5.41 Å². The Morgan fingerprint density at radius 1 is 1.21 bits per heavy atom. The molecule has 4 heterocycles. The highest BCUT2D eigenvalue weighted by Crippen LogP contribution is 2.52. The van der Waals surface area contributed by atoms with Crippen LogP contribution in [0.5, 0.6) is 0 Å². The minimum Gasteiger partial charge on any atom is -0.309 e. The molecule has 166 valence electrons. The molecule has 1 aliphatic carbocycles. The number of nitrogens with zero attached hydrogens (tertiary/aromatic N) is 4. The smallest absolute Gasteiger partial charge is 0.162 e. The van der Waals surface area contributed by atoms with Crippen LogP contribution < -0.4 is 4.90 Å². The molecule has 0 spiro atoms. The third kappa shape index (κ3) is 3.68. The summed E-state index contributed by atoms with van der Waals surface area (Å²) in [6, 6.07) is 12.3. The second-order valence-electron chi connectivity index (χ2n) is 9.31. The number of anilines is 1. The van der Waals surface area contributed by atoms with Crippen molar-refractivity contribution in [3.8, 4) is 6.07 Å². The zero-order valence-corrected chi connectivity index (χ0v) is 21.1. The number of aromatic nitrogens is 2. The standard InChI is InChI=1S/C26H23BrN4OS/c1-16-8-11-33-24(16)22-18(14-28)25(30-9-4-5-10-30)31(21-7-6-17(27)15-29-21)19-12-26(2,3)13-20(32)23(19)22/h4-11,15,22H,12-13H2,1-3H3/t22-/m0/s1. The molecule has 0 unspecified atom stereocenters. The summed E-state index contributed by atoms with van der Waals surface area (Å²) in [5.41, 5.74) is 3.14. The fraction of sp³-hybridized carbons (Fsp3) is 0.269. The molecule has 5 nitrogen and oxygen atoms in total. The third-order valence-electron chi connectivity index (χ3n) is 6.27. The predicted molar refractivity (Wildman–Crippen MR) is 135 cm³/mol. The van der Waals surface area contributed by atoms with Gasteiger partial charge < -0.3 is 4.57 Å². The van der Waals surface area contributed by atoms with Crippen LogP contribution in [0.15, 0.2) is 75.6 Å². The number of rotatable bonds is 3. The lowest BCUT2D eigenvalue weighted by molar-refractivity contribution is -0.118. The maximum absolute atomic E-state index is 13.7. The van der Waals surface area contributed by atoms with Gasteiger partial charge in [0, 0.05) is 45.6 Å². The van der Waals surface area contributed by atoms with Gasteiger partial charge in [0.25, 0.3) is 0 Å². The van der Waals surface area contributed by atoms with Crippen LogP contribution in [0.25, 0.3) is 5.82 Å². The number of allylic oxidation sites excluding steroid dienone is 3. The zero-order chi connectivity index (χ0) is 23.3. The molecule has 0 saturated heterocycles. The Kier molecular flexibility index (Phi) is 5.38. The van der Waals surface area contributed by atoms with Gasteiger partial charge in [-0.1, -0.05) is 13.8 Å². The average molecular weight is 519 g/mol. The summed E-state index contributed by atoms with van der Waals surface area (Å²) >= 11 is 5.08. The fourth-order valence-corrected chi connectivity index (χ4v) is 6.16. The summed E-state index contributed by atoms with van der Waals surface area (Å²) in [6.45, 7) is 6.31. The molecule has 0 amide bonds. The highest BCUT2D eigenvalue weighted by Gasteiger charge is 2.46. The van der Waals surface area contributed by atoms with Gasteiger partial charge in [0.2, 0.25) is 0 Å². The topological polar surface area (TPSA) is 61.9 Å². The van der Waals surface area contributed by atoms with Crippen molar-refractivity contribution in [2.45, 2.75) is 39.5 Å². The van der Waals surface area contributed by atoms with Crippen molar-refractivity contribution >= 4 is 44.7 Å². The molecule has 0 aromatic carbocycles. The van der Waals surface area contributed by atoms with E-state index in [1.165, 1.54) is 0 Å². The number of aryl methyl sites for hydroxylation is 1. The number of hydrogen-bond acceptors (Lipinski definition) is 5. The Hall–Kier alpha value is -2.95. The monoisotopic (exact) mass is 518 g/mol. The molecule has 3 aromatic rings. The normalized spacial score (nSPS) is 20.2. The van der Waals surface area contributed by atoms with Gasteiger partial charge in [0.1, 0.15) is 11.6 Å². The second kappa shape index (κ2) is 8.12. The Morgan fingerprint density at radius 3 is 2.58 bits per heavy atom. The van der Waals surface area contributed by atoms with E-state index in [2.05, 4.69) is 53.8 Å². The number of pyridine rings is 1. The van der Waals surface area contributed by atoms with Crippen LogP contribution >= 0.6 is 27.3 Å². The van der Waals surface area contributed by atoms with E-state index >= 15 is 0 Å². The van der Waals surface area contributed by atoms with E-state index in [4.69, 9.17) is 0 Å². The van der Waals surface area contributed by atoms with Gasteiger partial charge in [-0.2, -0.15) is 5.26 Å². The second-order valence-corrected chi connectivity index (χ2v) is 11.2. The van der Waals surface area contributed by atoms with Crippen molar-refractivity contribution in [1.29, 1.82) is 5.26 Å². The Morgan fingerprint density at radius 2 is 1.97 bits per heavy atom. The first-order valence-corrected chi connectivity index (χ1v) is 12.5. The van der Waals surface area contributed by atoms with E-state index in [1.54, 1.807) is 17.5 Å². The van der Waals surface area contributed by atoms with Crippen molar-refractivity contribution < 1.29 is 4.79 Å². The van der Waals surface area contributed by atoms with Gasteiger partial charge in [0.05, 0.1) is 17.6 Å².